The Morgan fingerprint density at radius 1 is 0.333 bits per heavy atom. The van der Waals surface area contributed by atoms with Crippen LogP contribution < -0.4 is 14.8 Å². The average molecular weight is 768 g/mol. The molecule has 0 atom stereocenters. The molecule has 0 fully saturated rings. The molecule has 0 N–H and O–H groups in total. The fourth-order valence-electron chi connectivity index (χ4n) is 6.54. The van der Waals surface area contributed by atoms with Crippen LogP contribution in [0.1, 0.15) is 0 Å². The lowest BCUT2D eigenvalue weighted by Crippen LogP contribution is -2.46. The van der Waals surface area contributed by atoms with Gasteiger partial charge in [-0.3, -0.25) is 0 Å². The maximum atomic E-state index is 16.0. The third-order valence-electron chi connectivity index (χ3n) is 8.91. The van der Waals surface area contributed by atoms with Crippen LogP contribution in [0.5, 0.6) is 11.5 Å². The van der Waals surface area contributed by atoms with E-state index in [4.69, 9.17) is 9.31 Å². The number of hydrogen-bond donors (Lipinski definition) is 0. The van der Waals surface area contributed by atoms with Crippen molar-refractivity contribution in [1.29, 1.82) is 0 Å². The molecule has 0 spiro atoms. The summed E-state index contributed by atoms with van der Waals surface area (Å²) in [6.45, 7) is 0. The van der Waals surface area contributed by atoms with Crippen molar-refractivity contribution in [2.24, 2.45) is 0 Å². The zero-order valence-corrected chi connectivity index (χ0v) is 25.7. The molecular weight excluding hydrogens is 760 g/mol. The summed E-state index contributed by atoms with van der Waals surface area (Å²) in [6.07, 6.45) is 0. The van der Waals surface area contributed by atoms with E-state index in [9.17, 15) is 22.0 Å². The molecule has 2 nitrogen and oxygen atoms in total. The molecule has 0 aromatic heterocycles. The van der Waals surface area contributed by atoms with Crippen LogP contribution in [0.25, 0.3) is 53.9 Å². The Hall–Kier alpha value is -6.07. The minimum Gasteiger partial charge on any atom is -0.519 e. The summed E-state index contributed by atoms with van der Waals surface area (Å²) in [6, 6.07) is 6.77. The van der Waals surface area contributed by atoms with Gasteiger partial charge in [0.25, 0.3) is 0 Å². The number of hydrogen-bond acceptors (Lipinski definition) is 2. The van der Waals surface area contributed by atoms with E-state index in [1.165, 1.54) is 0 Å². The van der Waals surface area contributed by atoms with Gasteiger partial charge in [0.1, 0.15) is 23.2 Å². The molecule has 0 aliphatic rings. The van der Waals surface area contributed by atoms with Gasteiger partial charge in [-0.05, 0) is 40.4 Å². The maximum Gasteiger partial charge on any atom is 0.636 e. The summed E-state index contributed by atoms with van der Waals surface area (Å²) in [5.74, 6) is -38.4. The third-order valence-corrected chi connectivity index (χ3v) is 8.91. The first-order valence-corrected chi connectivity index (χ1v) is 14.9. The lowest BCUT2D eigenvalue weighted by Gasteiger charge is -2.23. The Balaban J connectivity index is 1.50. The first-order chi connectivity index (χ1) is 25.6. The lowest BCUT2D eigenvalue weighted by atomic mass is 9.74. The summed E-state index contributed by atoms with van der Waals surface area (Å²) < 4.78 is 237. The topological polar surface area (TPSA) is 18.5 Å². The second-order valence-electron chi connectivity index (χ2n) is 11.7. The van der Waals surface area contributed by atoms with Gasteiger partial charge in [-0.1, -0.05) is 24.3 Å². The third kappa shape index (κ3) is 4.60. The zero-order chi connectivity index (χ0) is 38.8. The normalized spacial score (nSPS) is 12.0. The van der Waals surface area contributed by atoms with Gasteiger partial charge in [-0.15, -0.1) is 0 Å². The molecule has 0 heterocycles. The van der Waals surface area contributed by atoms with Crippen molar-refractivity contribution in [1.82, 2.24) is 0 Å². The SMILES string of the molecule is Fc1c(F)c(F)c(OB(Oc2c(F)c(F)c3c(F)c(F)c4c(F)ccc5ccc2c3c54)c2c(F)c(F)c(F)c3c(F)c4c(F)cccc4cc23)c(F)c1F. The van der Waals surface area contributed by atoms with Crippen molar-refractivity contribution in [3.05, 3.63) is 136 Å². The minimum atomic E-state index is -3.34. The summed E-state index contributed by atoms with van der Waals surface area (Å²) in [4.78, 5) is 0. The molecule has 18 heteroatoms. The van der Waals surface area contributed by atoms with Crippen molar-refractivity contribution >= 4 is 66.4 Å². The molecule has 8 aromatic carbocycles. The highest BCUT2D eigenvalue weighted by Gasteiger charge is 2.42. The van der Waals surface area contributed by atoms with Crippen LogP contribution in [0.4, 0.5) is 65.9 Å². The van der Waals surface area contributed by atoms with Crippen LogP contribution in [0.15, 0.2) is 48.5 Å². The molecule has 8 rings (SSSR count). The molecule has 0 amide bonds. The standard InChI is InChI=1S/C36H8BF15O2/c38-13-3-1-2-10-8-12-18(22(40)15(10)13)23(41)28(46)27(45)21(12)37(54-36-33(51)30(48)29(47)31(49)34(36)52)53-35-11-6-4-9-5-7-14(39)19-16(9)17(11)20(25(43)24(19)42)26(44)32(35)50/h1-8H. The summed E-state index contributed by atoms with van der Waals surface area (Å²) in [5.41, 5.74) is -1.70. The monoisotopic (exact) mass is 768 g/mol. The van der Waals surface area contributed by atoms with Crippen molar-refractivity contribution < 1.29 is 75.2 Å². The molecule has 0 aliphatic heterocycles. The Kier molecular flexibility index (Phi) is 7.76. The molecule has 0 unspecified atom stereocenters. The average Bonchev–Trinajstić information content (AvgIpc) is 3.14. The molecule has 0 bridgehead atoms. The predicted molar refractivity (Wildman–Crippen MR) is 164 cm³/mol. The first-order valence-electron chi connectivity index (χ1n) is 14.9. The Bertz CT molecular complexity index is 2940. The molecule has 0 aliphatic carbocycles. The molecule has 0 radical (unpaired) electrons. The van der Waals surface area contributed by atoms with Gasteiger partial charge < -0.3 is 9.31 Å². The maximum absolute atomic E-state index is 16.0. The Morgan fingerprint density at radius 3 is 1.54 bits per heavy atom. The van der Waals surface area contributed by atoms with Gasteiger partial charge in [0, 0.05) is 16.2 Å². The van der Waals surface area contributed by atoms with Crippen LogP contribution >= 0.6 is 0 Å². The van der Waals surface area contributed by atoms with Crippen molar-refractivity contribution in [2.45, 2.75) is 0 Å². The van der Waals surface area contributed by atoms with Crippen LogP contribution in [-0.2, 0) is 0 Å². The largest absolute Gasteiger partial charge is 0.636 e. The van der Waals surface area contributed by atoms with Crippen molar-refractivity contribution in [3.8, 4) is 11.5 Å². The lowest BCUT2D eigenvalue weighted by molar-refractivity contribution is 0.332. The smallest absolute Gasteiger partial charge is 0.519 e. The predicted octanol–water partition coefficient (Wildman–Crippen LogP) is 10.8. The summed E-state index contributed by atoms with van der Waals surface area (Å²) in [7, 11) is -3.34. The zero-order valence-electron chi connectivity index (χ0n) is 25.7. The van der Waals surface area contributed by atoms with E-state index in [0.717, 1.165) is 30.3 Å². The van der Waals surface area contributed by atoms with Gasteiger partial charge in [-0.2, -0.15) is 13.2 Å². The van der Waals surface area contributed by atoms with Crippen LogP contribution in [-0.4, -0.2) is 7.12 Å². The van der Waals surface area contributed by atoms with E-state index in [0.29, 0.717) is 18.2 Å². The highest BCUT2D eigenvalue weighted by molar-refractivity contribution is 6.66. The fraction of sp³-hybridized carbons (Fsp3) is 0. The van der Waals surface area contributed by atoms with E-state index in [-0.39, 0.29) is 5.39 Å². The summed E-state index contributed by atoms with van der Waals surface area (Å²) >= 11 is 0. The summed E-state index contributed by atoms with van der Waals surface area (Å²) in [5, 5.41) is -9.24. The van der Waals surface area contributed by atoms with Crippen molar-refractivity contribution in [3.63, 3.8) is 0 Å². The Labute approximate surface area is 289 Å². The molecule has 54 heavy (non-hydrogen) atoms. The van der Waals surface area contributed by atoms with Gasteiger partial charge >= 0.3 is 7.12 Å². The van der Waals surface area contributed by atoms with Gasteiger partial charge in [-0.25, -0.2) is 52.7 Å². The van der Waals surface area contributed by atoms with Crippen LogP contribution in [0.2, 0.25) is 0 Å². The Morgan fingerprint density at radius 2 is 0.852 bits per heavy atom. The minimum absolute atomic E-state index is 0.110. The highest BCUT2D eigenvalue weighted by Crippen LogP contribution is 2.45. The van der Waals surface area contributed by atoms with E-state index >= 15 is 43.9 Å². The number of rotatable bonds is 5. The fourth-order valence-corrected chi connectivity index (χ4v) is 6.54. The van der Waals surface area contributed by atoms with E-state index in [1.54, 1.807) is 0 Å². The van der Waals surface area contributed by atoms with Gasteiger partial charge in [0.15, 0.2) is 46.5 Å². The number of fused-ring (bicyclic) bond motifs is 2. The van der Waals surface area contributed by atoms with Crippen LogP contribution in [0, 0.1) is 87.3 Å². The molecule has 0 saturated heterocycles. The van der Waals surface area contributed by atoms with Gasteiger partial charge in [0.05, 0.1) is 27.0 Å². The van der Waals surface area contributed by atoms with Crippen molar-refractivity contribution in [2.75, 3.05) is 0 Å². The second-order valence-corrected chi connectivity index (χ2v) is 11.7. The molecule has 272 valence electrons. The number of benzene rings is 8. The molecule has 0 saturated carbocycles. The highest BCUT2D eigenvalue weighted by atomic mass is 19.2. The molecular formula is C36H8BF15O2. The van der Waals surface area contributed by atoms with Crippen LogP contribution in [0.3, 0.4) is 0 Å². The molecule has 8 aromatic rings. The van der Waals surface area contributed by atoms with E-state index in [1.807, 2.05) is 0 Å². The quantitative estimate of drug-likeness (QED) is 0.0434. The van der Waals surface area contributed by atoms with E-state index in [2.05, 4.69) is 0 Å². The van der Waals surface area contributed by atoms with Gasteiger partial charge in [0.2, 0.25) is 29.1 Å². The number of halogens is 15. The first kappa shape index (κ1) is 35.0. The second kappa shape index (κ2) is 12.0. The van der Waals surface area contributed by atoms with E-state index < -0.39 is 160 Å².